The Balaban J connectivity index is 1.82. The van der Waals surface area contributed by atoms with Gasteiger partial charge in [0.05, 0.1) is 12.2 Å². The smallest absolute Gasteiger partial charge is 0.122 e. The molecule has 0 amide bonds. The molecule has 0 aromatic heterocycles. The van der Waals surface area contributed by atoms with Crippen LogP contribution in [0.3, 0.4) is 0 Å². The lowest BCUT2D eigenvalue weighted by Gasteiger charge is -1.96. The lowest BCUT2D eigenvalue weighted by atomic mass is 10.1. The Morgan fingerprint density at radius 1 is 1.13 bits per heavy atom. The maximum atomic E-state index is 10.2. The summed E-state index contributed by atoms with van der Waals surface area (Å²) in [5.41, 5.74) is 0. The van der Waals surface area contributed by atoms with Crippen molar-refractivity contribution in [3.8, 4) is 0 Å². The summed E-state index contributed by atoms with van der Waals surface area (Å²) in [6, 6.07) is 0. The number of allylic oxidation sites excluding steroid dienone is 1. The Morgan fingerprint density at radius 3 is 2.67 bits per heavy atom. The van der Waals surface area contributed by atoms with Crippen molar-refractivity contribution in [2.45, 2.75) is 57.2 Å². The molecule has 2 unspecified atom stereocenters. The van der Waals surface area contributed by atoms with E-state index < -0.39 is 0 Å². The fourth-order valence-corrected chi connectivity index (χ4v) is 1.74. The fraction of sp³-hybridized carbons (Fsp3) is 0.750. The highest BCUT2D eigenvalue weighted by Gasteiger charge is 2.36. The van der Waals surface area contributed by atoms with E-state index in [4.69, 9.17) is 4.74 Å². The van der Waals surface area contributed by atoms with E-state index in [1.165, 1.54) is 6.42 Å². The summed E-state index contributed by atoms with van der Waals surface area (Å²) in [6.07, 6.45) is 10.0. The second-order valence-corrected chi connectivity index (χ2v) is 3.93. The first-order chi connectivity index (χ1) is 7.38. The SMILES string of the molecule is O=C=CCCCCCCC1OC1CC=O. The van der Waals surface area contributed by atoms with Crippen molar-refractivity contribution in [3.05, 3.63) is 6.08 Å². The molecule has 0 radical (unpaired) electrons. The zero-order valence-corrected chi connectivity index (χ0v) is 8.98. The topological polar surface area (TPSA) is 46.7 Å². The molecule has 0 N–H and O–H groups in total. The van der Waals surface area contributed by atoms with Crippen molar-refractivity contribution in [3.63, 3.8) is 0 Å². The molecule has 1 aliphatic heterocycles. The third-order valence-electron chi connectivity index (χ3n) is 2.69. The molecule has 84 valence electrons. The second kappa shape index (κ2) is 7.38. The van der Waals surface area contributed by atoms with Crippen LogP contribution in [-0.4, -0.2) is 24.4 Å². The van der Waals surface area contributed by atoms with Crippen molar-refractivity contribution in [2.75, 3.05) is 0 Å². The van der Waals surface area contributed by atoms with Crippen LogP contribution in [0.4, 0.5) is 0 Å². The van der Waals surface area contributed by atoms with Crippen molar-refractivity contribution >= 4 is 12.2 Å². The van der Waals surface area contributed by atoms with Gasteiger partial charge in [0.25, 0.3) is 0 Å². The molecule has 15 heavy (non-hydrogen) atoms. The highest BCUT2D eigenvalue weighted by Crippen LogP contribution is 2.29. The summed E-state index contributed by atoms with van der Waals surface area (Å²) in [4.78, 5) is 20.0. The summed E-state index contributed by atoms with van der Waals surface area (Å²) in [6.45, 7) is 0. The summed E-state index contributed by atoms with van der Waals surface area (Å²) >= 11 is 0. The van der Waals surface area contributed by atoms with Gasteiger partial charge in [0.1, 0.15) is 12.2 Å². The molecule has 1 fully saturated rings. The van der Waals surface area contributed by atoms with E-state index >= 15 is 0 Å². The Kier molecular flexibility index (Phi) is 5.98. The highest BCUT2D eigenvalue weighted by atomic mass is 16.6. The quantitative estimate of drug-likeness (QED) is 0.253. The monoisotopic (exact) mass is 210 g/mol. The van der Waals surface area contributed by atoms with Gasteiger partial charge in [-0.25, -0.2) is 4.79 Å². The van der Waals surface area contributed by atoms with Crippen LogP contribution < -0.4 is 0 Å². The van der Waals surface area contributed by atoms with Crippen molar-refractivity contribution in [1.82, 2.24) is 0 Å². The lowest BCUT2D eigenvalue weighted by Crippen LogP contribution is -1.94. The van der Waals surface area contributed by atoms with Crippen LogP contribution in [0.25, 0.3) is 0 Å². The third-order valence-corrected chi connectivity index (χ3v) is 2.69. The first kappa shape index (κ1) is 12.2. The van der Waals surface area contributed by atoms with Gasteiger partial charge in [-0.15, -0.1) is 0 Å². The van der Waals surface area contributed by atoms with E-state index in [1.807, 2.05) is 0 Å². The zero-order chi connectivity index (χ0) is 10.9. The average molecular weight is 210 g/mol. The van der Waals surface area contributed by atoms with Gasteiger partial charge in [-0.05, 0) is 25.3 Å². The van der Waals surface area contributed by atoms with E-state index in [-0.39, 0.29) is 6.10 Å². The minimum Gasteiger partial charge on any atom is -0.369 e. The van der Waals surface area contributed by atoms with Crippen LogP contribution >= 0.6 is 0 Å². The normalized spacial score (nSPS) is 23.2. The van der Waals surface area contributed by atoms with Gasteiger partial charge in [0.2, 0.25) is 0 Å². The molecule has 3 nitrogen and oxygen atoms in total. The number of epoxide rings is 1. The molecule has 0 bridgehead atoms. The fourth-order valence-electron chi connectivity index (χ4n) is 1.74. The number of hydrogen-bond donors (Lipinski definition) is 0. The molecule has 0 aromatic carbocycles. The zero-order valence-electron chi connectivity index (χ0n) is 8.98. The number of carbonyl (C=O) groups is 1. The molecule has 0 saturated carbocycles. The first-order valence-corrected chi connectivity index (χ1v) is 5.67. The third kappa shape index (κ3) is 5.50. The Morgan fingerprint density at radius 2 is 1.93 bits per heavy atom. The van der Waals surface area contributed by atoms with E-state index in [0.717, 1.165) is 38.4 Å². The van der Waals surface area contributed by atoms with Crippen LogP contribution in [0.15, 0.2) is 6.08 Å². The molecular formula is C12H18O3. The number of aldehydes is 1. The summed E-state index contributed by atoms with van der Waals surface area (Å²) < 4.78 is 5.31. The lowest BCUT2D eigenvalue weighted by molar-refractivity contribution is -0.108. The van der Waals surface area contributed by atoms with Gasteiger partial charge >= 0.3 is 0 Å². The maximum Gasteiger partial charge on any atom is 0.122 e. The Hall–Kier alpha value is -0.920. The van der Waals surface area contributed by atoms with Gasteiger partial charge in [-0.2, -0.15) is 0 Å². The number of hydrogen-bond acceptors (Lipinski definition) is 3. The summed E-state index contributed by atoms with van der Waals surface area (Å²) in [7, 11) is 0. The van der Waals surface area contributed by atoms with Crippen LogP contribution in [0.1, 0.15) is 44.9 Å². The molecule has 1 rings (SSSR count). The second-order valence-electron chi connectivity index (χ2n) is 3.93. The summed E-state index contributed by atoms with van der Waals surface area (Å²) in [5, 5.41) is 0. The van der Waals surface area contributed by atoms with Gasteiger partial charge < -0.3 is 9.53 Å². The summed E-state index contributed by atoms with van der Waals surface area (Å²) in [5.74, 6) is 1.78. The van der Waals surface area contributed by atoms with Crippen LogP contribution in [0.5, 0.6) is 0 Å². The van der Waals surface area contributed by atoms with E-state index in [1.54, 1.807) is 12.0 Å². The minimum atomic E-state index is 0.209. The van der Waals surface area contributed by atoms with Crippen molar-refractivity contribution in [2.24, 2.45) is 0 Å². The molecule has 2 atom stereocenters. The van der Waals surface area contributed by atoms with E-state index in [0.29, 0.717) is 12.5 Å². The van der Waals surface area contributed by atoms with Crippen LogP contribution in [0.2, 0.25) is 0 Å². The predicted molar refractivity (Wildman–Crippen MR) is 57.3 cm³/mol. The molecule has 0 spiro atoms. The van der Waals surface area contributed by atoms with Crippen LogP contribution in [0, 0.1) is 0 Å². The standard InChI is InChI=1S/C12H18O3/c13-9-6-4-2-1-3-5-7-11-12(15-11)8-10-14/h6,10-12H,1-5,7-8H2. The molecule has 1 heterocycles. The number of unbranched alkanes of at least 4 members (excludes halogenated alkanes) is 4. The largest absolute Gasteiger partial charge is 0.369 e. The average Bonchev–Trinajstić information content (AvgIpc) is 2.96. The van der Waals surface area contributed by atoms with E-state index in [2.05, 4.69) is 0 Å². The van der Waals surface area contributed by atoms with E-state index in [9.17, 15) is 9.59 Å². The van der Waals surface area contributed by atoms with Gasteiger partial charge in [0.15, 0.2) is 0 Å². The van der Waals surface area contributed by atoms with Gasteiger partial charge in [0, 0.05) is 6.42 Å². The predicted octanol–water partition coefficient (Wildman–Crippen LogP) is 2.07. The molecule has 0 aromatic rings. The molecule has 1 aliphatic rings. The Labute approximate surface area is 90.5 Å². The van der Waals surface area contributed by atoms with Gasteiger partial charge in [-0.3, -0.25) is 0 Å². The molecule has 0 aliphatic carbocycles. The van der Waals surface area contributed by atoms with Gasteiger partial charge in [-0.1, -0.05) is 19.3 Å². The highest BCUT2D eigenvalue weighted by molar-refractivity contribution is 5.51. The number of carbonyl (C=O) groups excluding carboxylic acids is 2. The number of ether oxygens (including phenoxy) is 1. The Bertz CT molecular complexity index is 231. The maximum absolute atomic E-state index is 10.2. The molecule has 1 saturated heterocycles. The molecule has 3 heteroatoms. The minimum absolute atomic E-state index is 0.209. The van der Waals surface area contributed by atoms with Crippen molar-refractivity contribution in [1.29, 1.82) is 0 Å². The molecular weight excluding hydrogens is 192 g/mol. The number of rotatable bonds is 9. The van der Waals surface area contributed by atoms with Crippen molar-refractivity contribution < 1.29 is 14.3 Å². The van der Waals surface area contributed by atoms with Crippen LogP contribution in [-0.2, 0) is 14.3 Å². The first-order valence-electron chi connectivity index (χ1n) is 5.67.